The Labute approximate surface area is 121 Å². The molecule has 0 saturated heterocycles. The van der Waals surface area contributed by atoms with Crippen LogP contribution in [0.1, 0.15) is 16.8 Å². The summed E-state index contributed by atoms with van der Waals surface area (Å²) in [5.74, 6) is -1.78. The lowest BCUT2D eigenvalue weighted by Crippen LogP contribution is -2.43. The highest BCUT2D eigenvalue weighted by Gasteiger charge is 2.19. The van der Waals surface area contributed by atoms with Crippen molar-refractivity contribution in [3.8, 4) is 0 Å². The molecule has 8 heteroatoms. The van der Waals surface area contributed by atoms with Crippen LogP contribution in [0.3, 0.4) is 0 Å². The van der Waals surface area contributed by atoms with Crippen LogP contribution in [0.4, 0.5) is 10.5 Å². The molecular formula is C13H17N3O5. The molecule has 0 heterocycles. The van der Waals surface area contributed by atoms with Gasteiger partial charge in [-0.05, 0) is 18.2 Å². The highest BCUT2D eigenvalue weighted by molar-refractivity contribution is 5.96. The van der Waals surface area contributed by atoms with Crippen LogP contribution in [0.15, 0.2) is 24.3 Å². The number of aliphatic carboxylic acids is 1. The van der Waals surface area contributed by atoms with Crippen molar-refractivity contribution >= 4 is 23.6 Å². The van der Waals surface area contributed by atoms with E-state index in [1.54, 1.807) is 12.1 Å². The van der Waals surface area contributed by atoms with Gasteiger partial charge in [0.25, 0.3) is 0 Å². The maximum Gasteiger partial charge on any atom is 0.326 e. The first-order chi connectivity index (χ1) is 9.93. The van der Waals surface area contributed by atoms with Gasteiger partial charge in [-0.25, -0.2) is 9.59 Å². The number of carboxylic acids is 1. The van der Waals surface area contributed by atoms with E-state index < -0.39 is 23.9 Å². The van der Waals surface area contributed by atoms with Gasteiger partial charge in [0.05, 0.1) is 0 Å². The third-order valence-corrected chi connectivity index (χ3v) is 2.62. The summed E-state index contributed by atoms with van der Waals surface area (Å²) in [6.07, 6.45) is 0.139. The van der Waals surface area contributed by atoms with Crippen LogP contribution in [0, 0.1) is 0 Å². The monoisotopic (exact) mass is 295 g/mol. The van der Waals surface area contributed by atoms with Crippen molar-refractivity contribution < 1.29 is 24.2 Å². The largest absolute Gasteiger partial charge is 0.480 e. The SMILES string of the molecule is COCCC(NC(=O)Nc1cccc(C(N)=O)c1)C(=O)O. The second-order valence-electron chi connectivity index (χ2n) is 4.22. The number of hydrogen-bond acceptors (Lipinski definition) is 4. The summed E-state index contributed by atoms with van der Waals surface area (Å²) >= 11 is 0. The van der Waals surface area contributed by atoms with Gasteiger partial charge in [-0.3, -0.25) is 4.79 Å². The molecule has 5 N–H and O–H groups in total. The molecule has 0 radical (unpaired) electrons. The van der Waals surface area contributed by atoms with Crippen molar-refractivity contribution in [2.24, 2.45) is 5.73 Å². The topological polar surface area (TPSA) is 131 Å². The average molecular weight is 295 g/mol. The van der Waals surface area contributed by atoms with Gasteiger partial charge in [-0.15, -0.1) is 0 Å². The normalized spacial score (nSPS) is 11.5. The maximum absolute atomic E-state index is 11.7. The lowest BCUT2D eigenvalue weighted by molar-refractivity contribution is -0.139. The van der Waals surface area contributed by atoms with E-state index in [0.29, 0.717) is 5.69 Å². The standard InChI is InChI=1S/C13H17N3O5/c1-21-6-5-10(12(18)19)16-13(20)15-9-4-2-3-8(7-9)11(14)17/h2-4,7,10H,5-6H2,1H3,(H2,14,17)(H,18,19)(H2,15,16,20). The molecule has 0 aliphatic heterocycles. The van der Waals surface area contributed by atoms with Crippen molar-refractivity contribution in [3.05, 3.63) is 29.8 Å². The smallest absolute Gasteiger partial charge is 0.326 e. The van der Waals surface area contributed by atoms with E-state index in [2.05, 4.69) is 10.6 Å². The number of ether oxygens (including phenoxy) is 1. The molecule has 0 bridgehead atoms. The number of benzene rings is 1. The summed E-state index contributed by atoms with van der Waals surface area (Å²) in [4.78, 5) is 33.7. The van der Waals surface area contributed by atoms with Gasteiger partial charge < -0.3 is 26.2 Å². The third-order valence-electron chi connectivity index (χ3n) is 2.62. The van der Waals surface area contributed by atoms with Crippen molar-refractivity contribution in [3.63, 3.8) is 0 Å². The highest BCUT2D eigenvalue weighted by Crippen LogP contribution is 2.10. The van der Waals surface area contributed by atoms with Crippen LogP contribution < -0.4 is 16.4 Å². The predicted molar refractivity (Wildman–Crippen MR) is 75.0 cm³/mol. The Bertz CT molecular complexity index is 532. The zero-order valence-electron chi connectivity index (χ0n) is 11.5. The molecule has 1 aromatic carbocycles. The minimum Gasteiger partial charge on any atom is -0.480 e. The van der Waals surface area contributed by atoms with Crippen molar-refractivity contribution in [1.82, 2.24) is 5.32 Å². The van der Waals surface area contributed by atoms with Gasteiger partial charge in [-0.2, -0.15) is 0 Å². The third kappa shape index (κ3) is 5.49. The van der Waals surface area contributed by atoms with Gasteiger partial charge in [0, 0.05) is 31.4 Å². The number of methoxy groups -OCH3 is 1. The summed E-state index contributed by atoms with van der Waals surface area (Å²) in [5, 5.41) is 13.7. The van der Waals surface area contributed by atoms with Crippen molar-refractivity contribution in [1.29, 1.82) is 0 Å². The number of primary amides is 1. The molecule has 1 aromatic rings. The number of anilines is 1. The molecule has 3 amide bonds. The Hall–Kier alpha value is -2.61. The molecule has 1 atom stereocenters. The lowest BCUT2D eigenvalue weighted by atomic mass is 10.2. The fourth-order valence-corrected chi connectivity index (χ4v) is 1.57. The number of carbonyl (C=O) groups excluding carboxylic acids is 2. The number of carbonyl (C=O) groups is 3. The average Bonchev–Trinajstić information content (AvgIpc) is 2.43. The molecule has 114 valence electrons. The summed E-state index contributed by atoms with van der Waals surface area (Å²) in [6.45, 7) is 0.203. The van der Waals surface area contributed by atoms with Crippen LogP contribution in [0.5, 0.6) is 0 Å². The van der Waals surface area contributed by atoms with Crippen molar-refractivity contribution in [2.75, 3.05) is 19.0 Å². The zero-order valence-corrected chi connectivity index (χ0v) is 11.5. The fourth-order valence-electron chi connectivity index (χ4n) is 1.57. The van der Waals surface area contributed by atoms with Gasteiger partial charge in [0.15, 0.2) is 0 Å². The Morgan fingerprint density at radius 2 is 2.10 bits per heavy atom. The number of carboxylic acid groups (broad SMARTS) is 1. The Morgan fingerprint density at radius 3 is 2.67 bits per heavy atom. The minimum absolute atomic E-state index is 0.139. The molecule has 1 rings (SSSR count). The molecule has 0 aliphatic carbocycles. The number of hydrogen-bond donors (Lipinski definition) is 4. The van der Waals surface area contributed by atoms with Crippen LogP contribution in [0.25, 0.3) is 0 Å². The predicted octanol–water partition coefficient (Wildman–Crippen LogP) is 0.397. The number of amides is 3. The number of rotatable bonds is 7. The molecule has 0 saturated carbocycles. The lowest BCUT2D eigenvalue weighted by Gasteiger charge is -2.14. The Balaban J connectivity index is 2.65. The number of nitrogens with one attached hydrogen (secondary N) is 2. The zero-order chi connectivity index (χ0) is 15.8. The summed E-state index contributed by atoms with van der Waals surface area (Å²) in [7, 11) is 1.44. The first-order valence-electron chi connectivity index (χ1n) is 6.13. The van der Waals surface area contributed by atoms with E-state index in [0.717, 1.165) is 0 Å². The van der Waals surface area contributed by atoms with E-state index in [4.69, 9.17) is 15.6 Å². The molecule has 0 aromatic heterocycles. The quantitative estimate of drug-likeness (QED) is 0.578. The van der Waals surface area contributed by atoms with E-state index in [1.165, 1.54) is 19.2 Å². The summed E-state index contributed by atoms with van der Waals surface area (Å²) in [6, 6.07) is 4.24. The van der Waals surface area contributed by atoms with Gasteiger partial charge in [-0.1, -0.05) is 6.07 Å². The van der Waals surface area contributed by atoms with Crippen LogP contribution in [0.2, 0.25) is 0 Å². The summed E-state index contributed by atoms with van der Waals surface area (Å²) in [5.41, 5.74) is 5.70. The Morgan fingerprint density at radius 1 is 1.38 bits per heavy atom. The highest BCUT2D eigenvalue weighted by atomic mass is 16.5. The summed E-state index contributed by atoms with van der Waals surface area (Å²) < 4.78 is 4.78. The van der Waals surface area contributed by atoms with E-state index in [9.17, 15) is 14.4 Å². The molecule has 21 heavy (non-hydrogen) atoms. The molecule has 8 nitrogen and oxygen atoms in total. The number of urea groups is 1. The maximum atomic E-state index is 11.7. The van der Waals surface area contributed by atoms with Gasteiger partial charge in [0.2, 0.25) is 5.91 Å². The fraction of sp³-hybridized carbons (Fsp3) is 0.308. The first-order valence-corrected chi connectivity index (χ1v) is 6.13. The van der Waals surface area contributed by atoms with Crippen LogP contribution in [-0.4, -0.2) is 42.8 Å². The van der Waals surface area contributed by atoms with Gasteiger partial charge >= 0.3 is 12.0 Å². The van der Waals surface area contributed by atoms with Crippen LogP contribution in [-0.2, 0) is 9.53 Å². The molecular weight excluding hydrogens is 278 g/mol. The van der Waals surface area contributed by atoms with E-state index >= 15 is 0 Å². The van der Waals surface area contributed by atoms with E-state index in [-0.39, 0.29) is 18.6 Å². The minimum atomic E-state index is -1.16. The molecule has 1 unspecified atom stereocenters. The number of nitrogens with two attached hydrogens (primary N) is 1. The second-order valence-corrected chi connectivity index (χ2v) is 4.22. The molecule has 0 aliphatic rings. The van der Waals surface area contributed by atoms with E-state index in [1.807, 2.05) is 0 Å². The van der Waals surface area contributed by atoms with Gasteiger partial charge in [0.1, 0.15) is 6.04 Å². The molecule has 0 fully saturated rings. The second kappa shape index (κ2) is 7.85. The van der Waals surface area contributed by atoms with Crippen molar-refractivity contribution in [2.45, 2.75) is 12.5 Å². The van der Waals surface area contributed by atoms with Crippen LogP contribution >= 0.6 is 0 Å². The Kier molecular flexibility index (Phi) is 6.15. The molecule has 0 spiro atoms. The first kappa shape index (κ1) is 16.4.